The minimum absolute atomic E-state index is 0.215. The van der Waals surface area contributed by atoms with Crippen molar-refractivity contribution in [2.75, 3.05) is 0 Å². The number of carboxylic acids is 1. The third-order valence-corrected chi connectivity index (χ3v) is 1.96. The van der Waals surface area contributed by atoms with Gasteiger partial charge in [-0.25, -0.2) is 0 Å². The molecule has 1 aromatic rings. The van der Waals surface area contributed by atoms with Gasteiger partial charge in [0.05, 0.1) is 12.0 Å². The minimum Gasteiger partial charge on any atom is -0.548 e. The molecule has 2 N–H and O–H groups in total. The van der Waals surface area contributed by atoms with Gasteiger partial charge in [-0.2, -0.15) is 0 Å². The third-order valence-electron chi connectivity index (χ3n) is 1.96. The summed E-state index contributed by atoms with van der Waals surface area (Å²) in [4.78, 5) is 20.8. The maximum Gasteiger partial charge on any atom is 0.207 e. The van der Waals surface area contributed by atoms with Gasteiger partial charge in [-0.15, -0.1) is 0 Å². The summed E-state index contributed by atoms with van der Waals surface area (Å²) >= 11 is 0. The zero-order valence-electron chi connectivity index (χ0n) is 7.79. The van der Waals surface area contributed by atoms with Crippen molar-refractivity contribution in [1.29, 1.82) is 0 Å². The van der Waals surface area contributed by atoms with Crippen molar-refractivity contribution in [2.45, 2.75) is 12.1 Å². The maximum atomic E-state index is 10.6. The van der Waals surface area contributed by atoms with Crippen molar-refractivity contribution in [3.63, 3.8) is 0 Å². The largest absolute Gasteiger partial charge is 0.548 e. The number of carboxylic acid groups (broad SMARTS) is 1. The lowest BCUT2D eigenvalue weighted by Gasteiger charge is -2.23. The topological polar surface area (TPSA) is 89.5 Å². The molecule has 0 saturated heterocycles. The molecule has 2 atom stereocenters. The first kappa shape index (κ1) is 11.2. The molecule has 0 aromatic heterocycles. The molecule has 0 unspecified atom stereocenters. The SMILES string of the molecule is O=CN[C@H](C(=O)[O-])[C@@H](O)c1ccccc1. The predicted octanol–water partition coefficient (Wildman–Crippen LogP) is -1.42. The summed E-state index contributed by atoms with van der Waals surface area (Å²) in [7, 11) is 0. The highest BCUT2D eigenvalue weighted by atomic mass is 16.4. The van der Waals surface area contributed by atoms with Gasteiger partial charge in [0.15, 0.2) is 0 Å². The second-order valence-corrected chi connectivity index (χ2v) is 2.94. The van der Waals surface area contributed by atoms with Crippen LogP contribution < -0.4 is 10.4 Å². The van der Waals surface area contributed by atoms with Gasteiger partial charge in [-0.05, 0) is 5.56 Å². The van der Waals surface area contributed by atoms with Gasteiger partial charge in [0, 0.05) is 0 Å². The highest BCUT2D eigenvalue weighted by Gasteiger charge is 2.20. The van der Waals surface area contributed by atoms with Gasteiger partial charge >= 0.3 is 0 Å². The Morgan fingerprint density at radius 2 is 2.00 bits per heavy atom. The highest BCUT2D eigenvalue weighted by molar-refractivity contribution is 5.75. The quantitative estimate of drug-likeness (QED) is 0.581. The molecule has 5 nitrogen and oxygen atoms in total. The molecular formula is C10H10NO4-. The van der Waals surface area contributed by atoms with E-state index in [0.29, 0.717) is 5.56 Å². The van der Waals surface area contributed by atoms with E-state index in [2.05, 4.69) is 0 Å². The van der Waals surface area contributed by atoms with Crippen molar-refractivity contribution in [3.05, 3.63) is 35.9 Å². The number of aliphatic hydroxyl groups excluding tert-OH is 1. The molecule has 1 amide bonds. The Morgan fingerprint density at radius 3 is 2.47 bits per heavy atom. The first-order valence-electron chi connectivity index (χ1n) is 4.30. The van der Waals surface area contributed by atoms with Gasteiger partial charge in [-0.1, -0.05) is 30.3 Å². The number of carbonyl (C=O) groups is 2. The van der Waals surface area contributed by atoms with Gasteiger partial charge in [0.2, 0.25) is 6.41 Å². The van der Waals surface area contributed by atoms with Gasteiger partial charge in [0.25, 0.3) is 0 Å². The molecule has 0 bridgehead atoms. The van der Waals surface area contributed by atoms with Crippen molar-refractivity contribution in [2.24, 2.45) is 0 Å². The number of hydrogen-bond donors (Lipinski definition) is 2. The fourth-order valence-electron chi connectivity index (χ4n) is 1.20. The number of benzene rings is 1. The average Bonchev–Trinajstić information content (AvgIpc) is 2.26. The van der Waals surface area contributed by atoms with Crippen LogP contribution in [0.1, 0.15) is 11.7 Å². The molecule has 0 fully saturated rings. The van der Waals surface area contributed by atoms with Gasteiger partial charge in [-0.3, -0.25) is 4.79 Å². The second-order valence-electron chi connectivity index (χ2n) is 2.94. The molecule has 0 aliphatic rings. The lowest BCUT2D eigenvalue weighted by Crippen LogP contribution is -2.48. The Morgan fingerprint density at radius 1 is 1.40 bits per heavy atom. The summed E-state index contributed by atoms with van der Waals surface area (Å²) in [5.74, 6) is -1.53. The molecule has 0 radical (unpaired) electrons. The van der Waals surface area contributed by atoms with Crippen LogP contribution in [0.4, 0.5) is 0 Å². The molecule has 15 heavy (non-hydrogen) atoms. The van der Waals surface area contributed by atoms with E-state index in [1.807, 2.05) is 5.32 Å². The van der Waals surface area contributed by atoms with Crippen LogP contribution in [0.2, 0.25) is 0 Å². The van der Waals surface area contributed by atoms with E-state index in [-0.39, 0.29) is 6.41 Å². The number of nitrogens with one attached hydrogen (secondary N) is 1. The zero-order valence-corrected chi connectivity index (χ0v) is 7.79. The molecule has 1 rings (SSSR count). The number of hydrogen-bond acceptors (Lipinski definition) is 4. The Kier molecular flexibility index (Phi) is 3.82. The van der Waals surface area contributed by atoms with E-state index in [0.717, 1.165) is 0 Å². The smallest absolute Gasteiger partial charge is 0.207 e. The summed E-state index contributed by atoms with van der Waals surface area (Å²) in [5.41, 5.74) is 0.404. The van der Waals surface area contributed by atoms with Gasteiger partial charge in [0.1, 0.15) is 6.10 Å². The van der Waals surface area contributed by atoms with Crippen LogP contribution in [0, 0.1) is 0 Å². The van der Waals surface area contributed by atoms with Crippen LogP contribution in [0.25, 0.3) is 0 Å². The summed E-state index contributed by atoms with van der Waals surface area (Å²) in [6.45, 7) is 0. The molecule has 0 aliphatic heterocycles. The maximum absolute atomic E-state index is 10.6. The van der Waals surface area contributed by atoms with Crippen LogP contribution in [-0.4, -0.2) is 23.5 Å². The van der Waals surface area contributed by atoms with E-state index < -0.39 is 18.1 Å². The van der Waals surface area contributed by atoms with Crippen molar-refractivity contribution < 1.29 is 19.8 Å². The van der Waals surface area contributed by atoms with Gasteiger partial charge < -0.3 is 20.3 Å². The Bertz CT molecular complexity index is 339. The lowest BCUT2D eigenvalue weighted by atomic mass is 10.0. The van der Waals surface area contributed by atoms with Crippen molar-refractivity contribution in [1.82, 2.24) is 5.32 Å². The summed E-state index contributed by atoms with van der Waals surface area (Å²) in [6, 6.07) is 6.74. The standard InChI is InChI=1S/C10H11NO4/c12-6-11-8(10(14)15)9(13)7-4-2-1-3-5-7/h1-6,8-9,13H,(H,11,12)(H,14,15)/p-1/t8-,9-/m0/s1. The summed E-state index contributed by atoms with van der Waals surface area (Å²) in [5, 5.41) is 22.2. The summed E-state index contributed by atoms with van der Waals surface area (Å²) in [6.07, 6.45) is -1.10. The van der Waals surface area contributed by atoms with Crippen molar-refractivity contribution in [3.8, 4) is 0 Å². The summed E-state index contributed by atoms with van der Waals surface area (Å²) < 4.78 is 0. The average molecular weight is 208 g/mol. The van der Waals surface area contributed by atoms with E-state index >= 15 is 0 Å². The number of amides is 1. The van der Waals surface area contributed by atoms with E-state index in [9.17, 15) is 19.8 Å². The first-order valence-corrected chi connectivity index (χ1v) is 4.30. The molecule has 0 saturated carbocycles. The zero-order chi connectivity index (χ0) is 11.3. The first-order chi connectivity index (χ1) is 7.16. The van der Waals surface area contributed by atoms with Crippen LogP contribution in [0.5, 0.6) is 0 Å². The molecule has 80 valence electrons. The number of carbonyl (C=O) groups excluding carboxylic acids is 2. The number of aliphatic carboxylic acids is 1. The van der Waals surface area contributed by atoms with Crippen LogP contribution in [-0.2, 0) is 9.59 Å². The van der Waals surface area contributed by atoms with Crippen LogP contribution in [0.15, 0.2) is 30.3 Å². The number of rotatable bonds is 5. The number of aliphatic hydroxyl groups is 1. The Hall–Kier alpha value is -1.88. The normalized spacial score (nSPS) is 13.9. The molecule has 0 heterocycles. The Balaban J connectivity index is 2.85. The van der Waals surface area contributed by atoms with E-state index in [1.54, 1.807) is 30.3 Å². The Labute approximate surface area is 86.4 Å². The molecule has 1 aromatic carbocycles. The van der Waals surface area contributed by atoms with Crippen LogP contribution in [0.3, 0.4) is 0 Å². The predicted molar refractivity (Wildman–Crippen MR) is 49.4 cm³/mol. The molecule has 0 spiro atoms. The highest BCUT2D eigenvalue weighted by Crippen LogP contribution is 2.15. The van der Waals surface area contributed by atoms with Crippen molar-refractivity contribution >= 4 is 12.4 Å². The molecular weight excluding hydrogens is 198 g/mol. The fourth-order valence-corrected chi connectivity index (χ4v) is 1.20. The third kappa shape index (κ3) is 2.78. The second kappa shape index (κ2) is 5.11. The molecule has 0 aliphatic carbocycles. The fraction of sp³-hybridized carbons (Fsp3) is 0.200. The lowest BCUT2D eigenvalue weighted by molar-refractivity contribution is -0.310. The van der Waals surface area contributed by atoms with E-state index in [4.69, 9.17) is 0 Å². The monoisotopic (exact) mass is 208 g/mol. The minimum atomic E-state index is -1.53. The molecule has 5 heteroatoms. The van der Waals surface area contributed by atoms with Crippen LogP contribution >= 0.6 is 0 Å². The van der Waals surface area contributed by atoms with E-state index in [1.165, 1.54) is 0 Å².